The molecule has 0 aromatic carbocycles. The molecule has 1 unspecified atom stereocenters. The van der Waals surface area contributed by atoms with Crippen LogP contribution in [0.4, 0.5) is 0 Å². The predicted molar refractivity (Wildman–Crippen MR) is 62.8 cm³/mol. The van der Waals surface area contributed by atoms with Crippen LogP contribution in [0.15, 0.2) is 6.07 Å². The summed E-state index contributed by atoms with van der Waals surface area (Å²) in [5, 5.41) is 9.06. The number of nitrogens with zero attached hydrogens (tertiary/aromatic N) is 1. The lowest BCUT2D eigenvalue weighted by molar-refractivity contribution is 0.267. The standard InChI is InChI=1S/C12H22N2O/c1-8(2)6-14-9(3)5-11(10(14)4)12(13)7-15/h5,8,12,15H,6-7,13H2,1-4H3. The van der Waals surface area contributed by atoms with E-state index in [2.05, 4.69) is 38.3 Å². The molecule has 3 nitrogen and oxygen atoms in total. The average molecular weight is 210 g/mol. The first kappa shape index (κ1) is 12.3. The molecule has 0 radical (unpaired) electrons. The number of aryl methyl sites for hydroxylation is 1. The zero-order valence-electron chi connectivity index (χ0n) is 10.1. The second kappa shape index (κ2) is 4.81. The fraction of sp³-hybridized carbons (Fsp3) is 0.667. The highest BCUT2D eigenvalue weighted by molar-refractivity contribution is 5.29. The van der Waals surface area contributed by atoms with Crippen molar-refractivity contribution in [3.8, 4) is 0 Å². The number of aliphatic hydroxyl groups is 1. The number of rotatable bonds is 4. The van der Waals surface area contributed by atoms with Crippen LogP contribution in [-0.4, -0.2) is 16.3 Å². The summed E-state index contributed by atoms with van der Waals surface area (Å²) in [5.74, 6) is 0.619. The first-order valence-corrected chi connectivity index (χ1v) is 5.50. The molecule has 0 saturated carbocycles. The molecule has 0 saturated heterocycles. The van der Waals surface area contributed by atoms with E-state index in [1.54, 1.807) is 0 Å². The predicted octanol–water partition coefficient (Wildman–Crippen LogP) is 1.75. The van der Waals surface area contributed by atoms with Crippen molar-refractivity contribution in [1.82, 2.24) is 4.57 Å². The van der Waals surface area contributed by atoms with Crippen molar-refractivity contribution in [1.29, 1.82) is 0 Å². The molecule has 86 valence electrons. The number of aromatic nitrogens is 1. The normalized spacial score (nSPS) is 13.5. The Morgan fingerprint density at radius 1 is 1.40 bits per heavy atom. The molecule has 1 aromatic heterocycles. The maximum atomic E-state index is 9.06. The van der Waals surface area contributed by atoms with Crippen molar-refractivity contribution in [3.05, 3.63) is 23.0 Å². The quantitative estimate of drug-likeness (QED) is 0.795. The van der Waals surface area contributed by atoms with Crippen LogP contribution in [-0.2, 0) is 6.54 Å². The Hall–Kier alpha value is -0.800. The lowest BCUT2D eigenvalue weighted by atomic mass is 10.1. The SMILES string of the molecule is Cc1cc(C(N)CO)c(C)n1CC(C)C. The molecule has 0 spiro atoms. The van der Waals surface area contributed by atoms with E-state index in [1.165, 1.54) is 11.4 Å². The van der Waals surface area contributed by atoms with Crippen LogP contribution in [0, 0.1) is 19.8 Å². The van der Waals surface area contributed by atoms with Gasteiger partial charge in [0.15, 0.2) is 0 Å². The van der Waals surface area contributed by atoms with Gasteiger partial charge in [-0.2, -0.15) is 0 Å². The maximum Gasteiger partial charge on any atom is 0.0625 e. The zero-order valence-corrected chi connectivity index (χ0v) is 10.1. The molecule has 0 aliphatic rings. The molecule has 1 heterocycles. The molecule has 15 heavy (non-hydrogen) atoms. The average Bonchev–Trinajstić information content (AvgIpc) is 2.44. The van der Waals surface area contributed by atoms with E-state index in [-0.39, 0.29) is 12.6 Å². The molecule has 3 N–H and O–H groups in total. The topological polar surface area (TPSA) is 51.2 Å². The Morgan fingerprint density at radius 2 is 2.00 bits per heavy atom. The van der Waals surface area contributed by atoms with Crippen molar-refractivity contribution < 1.29 is 5.11 Å². The van der Waals surface area contributed by atoms with Crippen molar-refractivity contribution in [3.63, 3.8) is 0 Å². The van der Waals surface area contributed by atoms with Gasteiger partial charge in [0, 0.05) is 17.9 Å². The van der Waals surface area contributed by atoms with Crippen LogP contribution in [0.25, 0.3) is 0 Å². The largest absolute Gasteiger partial charge is 0.394 e. The highest BCUT2D eigenvalue weighted by Gasteiger charge is 2.14. The van der Waals surface area contributed by atoms with Gasteiger partial charge in [-0.25, -0.2) is 0 Å². The second-order valence-corrected chi connectivity index (χ2v) is 4.62. The first-order chi connectivity index (χ1) is 6.97. The minimum Gasteiger partial charge on any atom is -0.394 e. The Balaban J connectivity index is 3.03. The van der Waals surface area contributed by atoms with Gasteiger partial charge in [-0.1, -0.05) is 13.8 Å². The molecule has 0 aliphatic heterocycles. The Labute approximate surface area is 91.9 Å². The second-order valence-electron chi connectivity index (χ2n) is 4.62. The summed E-state index contributed by atoms with van der Waals surface area (Å²) in [4.78, 5) is 0. The van der Waals surface area contributed by atoms with Gasteiger partial charge in [0.1, 0.15) is 0 Å². The molecule has 0 bridgehead atoms. The Kier molecular flexibility index (Phi) is 3.94. The Morgan fingerprint density at radius 3 is 2.47 bits per heavy atom. The zero-order chi connectivity index (χ0) is 11.6. The summed E-state index contributed by atoms with van der Waals surface area (Å²) in [6, 6.07) is 1.83. The van der Waals surface area contributed by atoms with Gasteiger partial charge in [-0.15, -0.1) is 0 Å². The maximum absolute atomic E-state index is 9.06. The van der Waals surface area contributed by atoms with E-state index < -0.39 is 0 Å². The smallest absolute Gasteiger partial charge is 0.0625 e. The van der Waals surface area contributed by atoms with E-state index >= 15 is 0 Å². The third-order valence-electron chi connectivity index (χ3n) is 2.76. The van der Waals surface area contributed by atoms with Crippen LogP contribution < -0.4 is 5.73 Å². The minimum absolute atomic E-state index is 0.00592. The first-order valence-electron chi connectivity index (χ1n) is 5.50. The van der Waals surface area contributed by atoms with Gasteiger partial charge in [0.25, 0.3) is 0 Å². The minimum atomic E-state index is -0.253. The molecule has 0 fully saturated rings. The van der Waals surface area contributed by atoms with Gasteiger partial charge >= 0.3 is 0 Å². The molecule has 3 heteroatoms. The van der Waals surface area contributed by atoms with Crippen LogP contribution in [0.2, 0.25) is 0 Å². The van der Waals surface area contributed by atoms with Gasteiger partial charge in [-0.3, -0.25) is 0 Å². The van der Waals surface area contributed by atoms with E-state index in [0.29, 0.717) is 5.92 Å². The summed E-state index contributed by atoms with van der Waals surface area (Å²) in [6.07, 6.45) is 0. The van der Waals surface area contributed by atoms with E-state index in [4.69, 9.17) is 10.8 Å². The lowest BCUT2D eigenvalue weighted by Crippen LogP contribution is -2.16. The van der Waals surface area contributed by atoms with Crippen LogP contribution in [0.3, 0.4) is 0 Å². The van der Waals surface area contributed by atoms with Crippen molar-refractivity contribution in [2.75, 3.05) is 6.61 Å². The number of aliphatic hydroxyl groups excluding tert-OH is 1. The van der Waals surface area contributed by atoms with E-state index in [1.807, 2.05) is 0 Å². The highest BCUT2D eigenvalue weighted by Crippen LogP contribution is 2.21. The fourth-order valence-corrected chi connectivity index (χ4v) is 1.95. The molecular formula is C12H22N2O. The monoisotopic (exact) mass is 210 g/mol. The molecular weight excluding hydrogens is 188 g/mol. The van der Waals surface area contributed by atoms with Gasteiger partial charge in [-0.05, 0) is 31.4 Å². The molecule has 1 atom stereocenters. The summed E-state index contributed by atoms with van der Waals surface area (Å²) >= 11 is 0. The van der Waals surface area contributed by atoms with Crippen LogP contribution in [0.1, 0.15) is 36.8 Å². The molecule has 0 aliphatic carbocycles. The van der Waals surface area contributed by atoms with E-state index in [0.717, 1.165) is 12.1 Å². The molecule has 1 rings (SSSR count). The summed E-state index contributed by atoms with van der Waals surface area (Å²) in [5.41, 5.74) is 9.32. The van der Waals surface area contributed by atoms with Crippen molar-refractivity contribution in [2.45, 2.75) is 40.3 Å². The molecule has 1 aromatic rings. The lowest BCUT2D eigenvalue weighted by Gasteiger charge is -2.13. The third-order valence-corrected chi connectivity index (χ3v) is 2.76. The van der Waals surface area contributed by atoms with E-state index in [9.17, 15) is 0 Å². The fourth-order valence-electron chi connectivity index (χ4n) is 1.95. The van der Waals surface area contributed by atoms with Gasteiger partial charge < -0.3 is 15.4 Å². The Bertz CT molecular complexity index is 329. The number of nitrogens with two attached hydrogens (primary N) is 1. The summed E-state index contributed by atoms with van der Waals surface area (Å²) in [6.45, 7) is 9.57. The van der Waals surface area contributed by atoms with Crippen LogP contribution >= 0.6 is 0 Å². The molecule has 0 amide bonds. The van der Waals surface area contributed by atoms with Crippen LogP contribution in [0.5, 0.6) is 0 Å². The highest BCUT2D eigenvalue weighted by atomic mass is 16.3. The third kappa shape index (κ3) is 2.61. The summed E-state index contributed by atoms with van der Waals surface area (Å²) < 4.78 is 2.27. The van der Waals surface area contributed by atoms with Crippen molar-refractivity contribution in [2.24, 2.45) is 11.7 Å². The summed E-state index contributed by atoms with van der Waals surface area (Å²) in [7, 11) is 0. The van der Waals surface area contributed by atoms with Gasteiger partial charge in [0.05, 0.1) is 12.6 Å². The van der Waals surface area contributed by atoms with Gasteiger partial charge in [0.2, 0.25) is 0 Å². The number of hydrogen-bond acceptors (Lipinski definition) is 2. The number of hydrogen-bond donors (Lipinski definition) is 2. The van der Waals surface area contributed by atoms with Crippen molar-refractivity contribution >= 4 is 0 Å².